The van der Waals surface area contributed by atoms with Gasteiger partial charge in [0.2, 0.25) is 0 Å². The van der Waals surface area contributed by atoms with Crippen LogP contribution < -0.4 is 14.8 Å². The molecule has 4 nitrogen and oxygen atoms in total. The maximum atomic E-state index is 11.8. The lowest BCUT2D eigenvalue weighted by Crippen LogP contribution is -2.17. The normalized spacial score (nSPS) is 15.1. The minimum Gasteiger partial charge on any atom is -0.490 e. The Morgan fingerprint density at radius 2 is 1.89 bits per heavy atom. The Labute approximate surface area is 176 Å². The summed E-state index contributed by atoms with van der Waals surface area (Å²) in [7, 11) is 0. The highest BCUT2D eigenvalue weighted by atomic mass is 35.5. The zero-order chi connectivity index (χ0) is 19.4. The number of rotatable bonds is 6. The van der Waals surface area contributed by atoms with Crippen molar-refractivity contribution in [3.8, 4) is 11.5 Å². The number of hydrogen-bond donors (Lipinski definition) is 1. The topological polar surface area (TPSA) is 47.6 Å². The number of carbonyl (C=O) groups is 1. The molecular formula is C19H15Cl2NO3S2. The van der Waals surface area contributed by atoms with Gasteiger partial charge in [0.05, 0.1) is 11.5 Å². The number of ether oxygens (including phenoxy) is 2. The third-order valence-corrected chi connectivity index (χ3v) is 5.51. The van der Waals surface area contributed by atoms with Gasteiger partial charge in [0, 0.05) is 15.6 Å². The number of benzene rings is 2. The molecule has 2 aromatic carbocycles. The zero-order valence-corrected chi connectivity index (χ0v) is 17.4. The Morgan fingerprint density at radius 3 is 2.52 bits per heavy atom. The van der Waals surface area contributed by atoms with Gasteiger partial charge >= 0.3 is 0 Å². The summed E-state index contributed by atoms with van der Waals surface area (Å²) in [4.78, 5) is 12.4. The molecule has 0 spiro atoms. The van der Waals surface area contributed by atoms with Crippen molar-refractivity contribution in [3.63, 3.8) is 0 Å². The summed E-state index contributed by atoms with van der Waals surface area (Å²) in [5.41, 5.74) is 1.52. The lowest BCUT2D eigenvalue weighted by atomic mass is 10.2. The molecule has 140 valence electrons. The second-order valence-corrected chi connectivity index (χ2v) is 8.01. The fourth-order valence-electron chi connectivity index (χ4n) is 2.39. The predicted octanol–water partition coefficient (Wildman–Crippen LogP) is 5.46. The Hall–Kier alpha value is -1.73. The first-order valence-corrected chi connectivity index (χ1v) is 10.0. The van der Waals surface area contributed by atoms with E-state index in [-0.39, 0.29) is 12.5 Å². The molecule has 3 rings (SSSR count). The van der Waals surface area contributed by atoms with Crippen molar-refractivity contribution in [1.29, 1.82) is 0 Å². The van der Waals surface area contributed by atoms with E-state index < -0.39 is 0 Å². The number of hydrogen-bond acceptors (Lipinski definition) is 5. The van der Waals surface area contributed by atoms with Crippen LogP contribution in [0, 0.1) is 0 Å². The van der Waals surface area contributed by atoms with E-state index in [1.54, 1.807) is 30.3 Å². The van der Waals surface area contributed by atoms with Crippen LogP contribution in [0.15, 0.2) is 41.3 Å². The van der Waals surface area contributed by atoms with Crippen LogP contribution >= 0.6 is 47.2 Å². The Kier molecular flexibility index (Phi) is 6.65. The van der Waals surface area contributed by atoms with Gasteiger partial charge in [0.15, 0.2) is 11.5 Å². The zero-order valence-electron chi connectivity index (χ0n) is 14.3. The average molecular weight is 440 g/mol. The molecule has 27 heavy (non-hydrogen) atoms. The van der Waals surface area contributed by atoms with Crippen LogP contribution in [0.2, 0.25) is 10.0 Å². The summed E-state index contributed by atoms with van der Waals surface area (Å²) < 4.78 is 12.0. The molecule has 0 aliphatic carbocycles. The molecule has 8 heteroatoms. The molecule has 1 N–H and O–H groups in total. The van der Waals surface area contributed by atoms with Crippen molar-refractivity contribution in [2.24, 2.45) is 0 Å². The van der Waals surface area contributed by atoms with Gasteiger partial charge in [-0.05, 0) is 42.8 Å². The minimum absolute atomic E-state index is 0.198. The second kappa shape index (κ2) is 8.97. The van der Waals surface area contributed by atoms with Crippen LogP contribution in [-0.2, 0) is 11.4 Å². The number of carbonyl (C=O) groups excluding carboxylic acids is 1. The van der Waals surface area contributed by atoms with E-state index in [1.165, 1.54) is 11.8 Å². The van der Waals surface area contributed by atoms with E-state index in [0.717, 1.165) is 5.56 Å². The Bertz CT molecular complexity index is 911. The number of nitrogens with one attached hydrogen (secondary N) is 1. The fourth-order valence-corrected chi connectivity index (χ4v) is 3.95. The van der Waals surface area contributed by atoms with E-state index in [0.29, 0.717) is 42.9 Å². The molecular weight excluding hydrogens is 425 g/mol. The van der Waals surface area contributed by atoms with Gasteiger partial charge in [-0.25, -0.2) is 0 Å². The minimum atomic E-state index is -0.198. The summed E-state index contributed by atoms with van der Waals surface area (Å²) in [6.07, 6.45) is 1.76. The largest absolute Gasteiger partial charge is 0.490 e. The fraction of sp³-hybridized carbons (Fsp3) is 0.158. The SMILES string of the molecule is CCOc1cc(/C=C2\SC(=S)NC2=O)ccc1OCc1c(Cl)cccc1Cl. The van der Waals surface area contributed by atoms with Gasteiger partial charge in [-0.1, -0.05) is 59.3 Å². The molecule has 0 unspecified atom stereocenters. The van der Waals surface area contributed by atoms with Crippen LogP contribution in [0.25, 0.3) is 6.08 Å². The molecule has 1 heterocycles. The van der Waals surface area contributed by atoms with Gasteiger partial charge in [-0.3, -0.25) is 4.79 Å². The number of halogens is 2. The molecule has 0 radical (unpaired) electrons. The lowest BCUT2D eigenvalue weighted by molar-refractivity contribution is -0.115. The van der Waals surface area contributed by atoms with Crippen LogP contribution in [0.3, 0.4) is 0 Å². The van der Waals surface area contributed by atoms with Crippen molar-refractivity contribution >= 4 is 63.5 Å². The molecule has 0 aromatic heterocycles. The smallest absolute Gasteiger partial charge is 0.263 e. The standard InChI is InChI=1S/C19H15Cl2NO3S2/c1-2-24-16-8-11(9-17-18(23)22-19(26)27-17)6-7-15(16)25-10-12-13(20)4-3-5-14(12)21/h3-9H,2,10H2,1H3,(H,22,23,26)/b17-9-. The van der Waals surface area contributed by atoms with E-state index >= 15 is 0 Å². The van der Waals surface area contributed by atoms with E-state index in [1.807, 2.05) is 19.1 Å². The molecule has 1 aliphatic heterocycles. The number of amides is 1. The Balaban J connectivity index is 1.83. The van der Waals surface area contributed by atoms with Gasteiger partial charge in [0.1, 0.15) is 10.9 Å². The molecule has 0 saturated carbocycles. The van der Waals surface area contributed by atoms with Gasteiger partial charge in [-0.2, -0.15) is 0 Å². The molecule has 1 fully saturated rings. The summed E-state index contributed by atoms with van der Waals surface area (Å²) in [5, 5.41) is 3.68. The molecule has 2 aromatic rings. The lowest BCUT2D eigenvalue weighted by Gasteiger charge is -2.14. The van der Waals surface area contributed by atoms with Crippen molar-refractivity contribution in [2.75, 3.05) is 6.61 Å². The van der Waals surface area contributed by atoms with E-state index in [2.05, 4.69) is 5.32 Å². The summed E-state index contributed by atoms with van der Waals surface area (Å²) in [5.74, 6) is 0.937. The summed E-state index contributed by atoms with van der Waals surface area (Å²) in [6, 6.07) is 10.8. The maximum Gasteiger partial charge on any atom is 0.263 e. The summed E-state index contributed by atoms with van der Waals surface area (Å²) >= 11 is 18.6. The quantitative estimate of drug-likeness (QED) is 0.478. The maximum absolute atomic E-state index is 11.8. The molecule has 1 aliphatic rings. The number of thiocarbonyl (C=S) groups is 1. The highest BCUT2D eigenvalue weighted by Crippen LogP contribution is 2.33. The first-order chi connectivity index (χ1) is 13.0. The van der Waals surface area contributed by atoms with Crippen LogP contribution in [0.4, 0.5) is 0 Å². The van der Waals surface area contributed by atoms with E-state index in [9.17, 15) is 4.79 Å². The molecule has 0 atom stereocenters. The average Bonchev–Trinajstić information content (AvgIpc) is 2.93. The van der Waals surface area contributed by atoms with Gasteiger partial charge < -0.3 is 14.8 Å². The van der Waals surface area contributed by atoms with Gasteiger partial charge in [0.25, 0.3) is 5.91 Å². The Morgan fingerprint density at radius 1 is 1.15 bits per heavy atom. The van der Waals surface area contributed by atoms with E-state index in [4.69, 9.17) is 44.9 Å². The van der Waals surface area contributed by atoms with Gasteiger partial charge in [-0.15, -0.1) is 0 Å². The molecule has 0 bridgehead atoms. The third kappa shape index (κ3) is 4.96. The van der Waals surface area contributed by atoms with Crippen LogP contribution in [0.1, 0.15) is 18.1 Å². The summed E-state index contributed by atoms with van der Waals surface area (Å²) in [6.45, 7) is 2.58. The monoisotopic (exact) mass is 439 g/mol. The molecule has 1 amide bonds. The first-order valence-electron chi connectivity index (χ1n) is 8.05. The van der Waals surface area contributed by atoms with Crippen LogP contribution in [-0.4, -0.2) is 16.8 Å². The predicted molar refractivity (Wildman–Crippen MR) is 115 cm³/mol. The van der Waals surface area contributed by atoms with Crippen molar-refractivity contribution in [3.05, 3.63) is 62.5 Å². The molecule has 1 saturated heterocycles. The highest BCUT2D eigenvalue weighted by Gasteiger charge is 2.22. The first kappa shape index (κ1) is 20.0. The third-order valence-electron chi connectivity index (χ3n) is 3.64. The van der Waals surface area contributed by atoms with Crippen molar-refractivity contribution in [2.45, 2.75) is 13.5 Å². The second-order valence-electron chi connectivity index (χ2n) is 5.48. The van der Waals surface area contributed by atoms with Crippen LogP contribution in [0.5, 0.6) is 11.5 Å². The highest BCUT2D eigenvalue weighted by molar-refractivity contribution is 8.26. The van der Waals surface area contributed by atoms with Crippen molar-refractivity contribution < 1.29 is 14.3 Å². The number of thioether (sulfide) groups is 1. The van der Waals surface area contributed by atoms with Crippen molar-refractivity contribution in [1.82, 2.24) is 5.32 Å².